The lowest BCUT2D eigenvalue weighted by Gasteiger charge is -2.37. The van der Waals surface area contributed by atoms with Crippen LogP contribution in [0, 0.1) is 0 Å². The second-order valence-electron chi connectivity index (χ2n) is 6.00. The molecule has 5 nitrogen and oxygen atoms in total. The van der Waals surface area contributed by atoms with E-state index in [-0.39, 0.29) is 0 Å². The van der Waals surface area contributed by atoms with Crippen LogP contribution in [0.15, 0.2) is 6.33 Å². The molecule has 0 amide bonds. The molecule has 20 heavy (non-hydrogen) atoms. The van der Waals surface area contributed by atoms with E-state index in [1.165, 1.54) is 0 Å². The average Bonchev–Trinajstić information content (AvgIpc) is 2.40. The minimum absolute atomic E-state index is 0.328. The summed E-state index contributed by atoms with van der Waals surface area (Å²) in [7, 11) is 0. The van der Waals surface area contributed by atoms with E-state index in [2.05, 4.69) is 41.4 Å². The summed E-state index contributed by atoms with van der Waals surface area (Å²) in [6.07, 6.45) is 5.51. The van der Waals surface area contributed by atoms with Crippen LogP contribution in [0.5, 0.6) is 0 Å². The van der Waals surface area contributed by atoms with Crippen LogP contribution in [0.3, 0.4) is 0 Å². The Bertz CT molecular complexity index is 443. The molecule has 0 aliphatic heterocycles. The molecule has 0 aromatic carbocycles. The highest BCUT2D eigenvalue weighted by molar-refractivity contribution is 5.59. The van der Waals surface area contributed by atoms with E-state index in [1.54, 1.807) is 6.33 Å². The number of nitrogens with one attached hydrogen (secondary N) is 2. The summed E-state index contributed by atoms with van der Waals surface area (Å²) in [5.74, 6) is 2.07. The third-order valence-electron chi connectivity index (χ3n) is 3.87. The van der Waals surface area contributed by atoms with Gasteiger partial charge in [0.1, 0.15) is 18.0 Å². The fourth-order valence-electron chi connectivity index (χ4n) is 2.48. The first-order valence-corrected chi connectivity index (χ1v) is 7.61. The zero-order valence-electron chi connectivity index (χ0n) is 12.7. The Morgan fingerprint density at radius 3 is 2.40 bits per heavy atom. The van der Waals surface area contributed by atoms with Gasteiger partial charge in [-0.2, -0.15) is 0 Å². The number of rotatable bonds is 7. The van der Waals surface area contributed by atoms with Crippen LogP contribution in [0.4, 0.5) is 11.6 Å². The van der Waals surface area contributed by atoms with E-state index < -0.39 is 5.60 Å². The molecular weight excluding hydrogens is 252 g/mol. The first-order valence-electron chi connectivity index (χ1n) is 7.61. The van der Waals surface area contributed by atoms with E-state index in [0.29, 0.717) is 12.5 Å². The van der Waals surface area contributed by atoms with Crippen molar-refractivity contribution < 1.29 is 5.11 Å². The Labute approximate surface area is 121 Å². The molecule has 1 saturated carbocycles. The molecule has 0 spiro atoms. The second-order valence-corrected chi connectivity index (χ2v) is 6.00. The summed E-state index contributed by atoms with van der Waals surface area (Å²) in [6, 6.07) is 0. The SMILES string of the molecule is CCCNc1ncnc(NCC2(O)CCC2)c1C(C)C. The molecule has 3 N–H and O–H groups in total. The van der Waals surface area contributed by atoms with Crippen molar-refractivity contribution in [2.24, 2.45) is 0 Å². The van der Waals surface area contributed by atoms with Crippen molar-refractivity contribution in [3.8, 4) is 0 Å². The average molecular weight is 278 g/mol. The van der Waals surface area contributed by atoms with Gasteiger partial charge in [0.25, 0.3) is 0 Å². The van der Waals surface area contributed by atoms with Crippen LogP contribution in [0.25, 0.3) is 0 Å². The van der Waals surface area contributed by atoms with Gasteiger partial charge in [-0.1, -0.05) is 20.8 Å². The molecule has 5 heteroatoms. The summed E-state index contributed by atoms with van der Waals surface area (Å²) in [5, 5.41) is 16.9. The van der Waals surface area contributed by atoms with Gasteiger partial charge < -0.3 is 15.7 Å². The number of hydrogen-bond acceptors (Lipinski definition) is 5. The normalized spacial score (nSPS) is 16.9. The molecule has 0 unspecified atom stereocenters. The van der Waals surface area contributed by atoms with E-state index in [1.807, 2.05) is 0 Å². The summed E-state index contributed by atoms with van der Waals surface area (Å²) >= 11 is 0. The van der Waals surface area contributed by atoms with Crippen molar-refractivity contribution in [2.75, 3.05) is 23.7 Å². The largest absolute Gasteiger partial charge is 0.388 e. The predicted molar refractivity (Wildman–Crippen MR) is 82.2 cm³/mol. The van der Waals surface area contributed by atoms with Crippen LogP contribution in [-0.4, -0.2) is 33.8 Å². The fourth-order valence-corrected chi connectivity index (χ4v) is 2.48. The van der Waals surface area contributed by atoms with Crippen molar-refractivity contribution in [3.05, 3.63) is 11.9 Å². The molecule has 1 aliphatic carbocycles. The van der Waals surface area contributed by atoms with E-state index >= 15 is 0 Å². The number of aromatic nitrogens is 2. The lowest BCUT2D eigenvalue weighted by Crippen LogP contribution is -2.43. The zero-order valence-corrected chi connectivity index (χ0v) is 12.7. The monoisotopic (exact) mass is 278 g/mol. The summed E-state index contributed by atoms with van der Waals surface area (Å²) < 4.78 is 0. The molecule has 0 atom stereocenters. The first-order chi connectivity index (χ1) is 9.56. The lowest BCUT2D eigenvalue weighted by molar-refractivity contribution is -0.0202. The number of hydrogen-bond donors (Lipinski definition) is 3. The van der Waals surface area contributed by atoms with Crippen molar-refractivity contribution in [1.82, 2.24) is 9.97 Å². The Kier molecular flexibility index (Phi) is 4.81. The van der Waals surface area contributed by atoms with Crippen LogP contribution >= 0.6 is 0 Å². The van der Waals surface area contributed by atoms with Crippen LogP contribution in [-0.2, 0) is 0 Å². The molecule has 1 aromatic heterocycles. The van der Waals surface area contributed by atoms with Gasteiger partial charge in [-0.3, -0.25) is 0 Å². The van der Waals surface area contributed by atoms with Crippen molar-refractivity contribution >= 4 is 11.6 Å². The molecule has 112 valence electrons. The summed E-state index contributed by atoms with van der Waals surface area (Å²) in [5.41, 5.74) is 0.555. The highest BCUT2D eigenvalue weighted by atomic mass is 16.3. The van der Waals surface area contributed by atoms with Crippen molar-refractivity contribution in [3.63, 3.8) is 0 Å². The second kappa shape index (κ2) is 6.39. The van der Waals surface area contributed by atoms with Gasteiger partial charge in [0.05, 0.1) is 5.60 Å². The minimum atomic E-state index is -0.545. The highest BCUT2D eigenvalue weighted by Gasteiger charge is 2.34. The van der Waals surface area contributed by atoms with Gasteiger partial charge in [0, 0.05) is 18.7 Å². The number of nitrogens with zero attached hydrogens (tertiary/aromatic N) is 2. The molecule has 0 saturated heterocycles. The Hall–Kier alpha value is -1.36. The van der Waals surface area contributed by atoms with E-state index in [0.717, 1.165) is 49.4 Å². The lowest BCUT2D eigenvalue weighted by atomic mass is 9.80. The van der Waals surface area contributed by atoms with Crippen molar-refractivity contribution in [2.45, 2.75) is 58.0 Å². The molecule has 1 fully saturated rings. The Morgan fingerprint density at radius 2 is 1.90 bits per heavy atom. The maximum absolute atomic E-state index is 10.2. The van der Waals surface area contributed by atoms with E-state index in [4.69, 9.17) is 0 Å². The molecule has 1 aromatic rings. The fraction of sp³-hybridized carbons (Fsp3) is 0.733. The maximum Gasteiger partial charge on any atom is 0.135 e. The van der Waals surface area contributed by atoms with Gasteiger partial charge in [-0.05, 0) is 31.6 Å². The van der Waals surface area contributed by atoms with Crippen LogP contribution in [0.2, 0.25) is 0 Å². The standard InChI is InChI=1S/C15H26N4O/c1-4-8-16-13-12(11(2)3)14(19-10-18-13)17-9-15(20)6-5-7-15/h10-11,20H,4-9H2,1-3H3,(H2,16,17,18,19). The topological polar surface area (TPSA) is 70.1 Å². The first kappa shape index (κ1) is 15.0. The van der Waals surface area contributed by atoms with Gasteiger partial charge in [0.2, 0.25) is 0 Å². The van der Waals surface area contributed by atoms with Crippen LogP contribution < -0.4 is 10.6 Å². The molecule has 0 radical (unpaired) electrons. The Balaban J connectivity index is 2.13. The van der Waals surface area contributed by atoms with Gasteiger partial charge in [-0.25, -0.2) is 9.97 Å². The minimum Gasteiger partial charge on any atom is -0.388 e. The quantitative estimate of drug-likeness (QED) is 0.715. The predicted octanol–water partition coefficient (Wildman–Crippen LogP) is 2.75. The highest BCUT2D eigenvalue weighted by Crippen LogP contribution is 2.33. The smallest absolute Gasteiger partial charge is 0.135 e. The third kappa shape index (κ3) is 3.39. The zero-order chi connectivity index (χ0) is 14.6. The van der Waals surface area contributed by atoms with Gasteiger partial charge >= 0.3 is 0 Å². The maximum atomic E-state index is 10.2. The third-order valence-corrected chi connectivity index (χ3v) is 3.87. The summed E-state index contributed by atoms with van der Waals surface area (Å²) in [4.78, 5) is 8.71. The summed E-state index contributed by atoms with van der Waals surface area (Å²) in [6.45, 7) is 7.88. The number of anilines is 2. The molecule has 0 bridgehead atoms. The molecule has 1 aliphatic rings. The molecule has 2 rings (SSSR count). The Morgan fingerprint density at radius 1 is 1.25 bits per heavy atom. The van der Waals surface area contributed by atoms with Gasteiger partial charge in [-0.15, -0.1) is 0 Å². The van der Waals surface area contributed by atoms with E-state index in [9.17, 15) is 5.11 Å². The molecule has 1 heterocycles. The van der Waals surface area contributed by atoms with Crippen LogP contribution in [0.1, 0.15) is 57.9 Å². The molecular formula is C15H26N4O. The number of aliphatic hydroxyl groups is 1. The van der Waals surface area contributed by atoms with Gasteiger partial charge in [0.15, 0.2) is 0 Å². The van der Waals surface area contributed by atoms with Crippen molar-refractivity contribution in [1.29, 1.82) is 0 Å².